The zero-order chi connectivity index (χ0) is 12.1. The number of aromatic nitrogens is 3. The molecular formula is C12H13N3O2. The average molecular weight is 231 g/mol. The summed E-state index contributed by atoms with van der Waals surface area (Å²) in [4.78, 5) is 19.1. The molecule has 0 aromatic carbocycles. The standard InChI is InChI=1S/C12H13N3O2/c1-9(16)4-5-12-14-11(15-17-12)7-10-3-2-6-13-8-10/h2-3,6,8H,4-5,7H2,1H3. The summed E-state index contributed by atoms with van der Waals surface area (Å²) in [7, 11) is 0. The molecule has 17 heavy (non-hydrogen) atoms. The molecule has 0 amide bonds. The van der Waals surface area contributed by atoms with E-state index >= 15 is 0 Å². The maximum Gasteiger partial charge on any atom is 0.227 e. The van der Waals surface area contributed by atoms with Crippen LogP contribution >= 0.6 is 0 Å². The zero-order valence-corrected chi connectivity index (χ0v) is 9.59. The second-order valence-electron chi connectivity index (χ2n) is 3.84. The fourth-order valence-corrected chi connectivity index (χ4v) is 1.43. The Labute approximate surface area is 98.9 Å². The van der Waals surface area contributed by atoms with Gasteiger partial charge in [-0.1, -0.05) is 11.2 Å². The molecule has 2 heterocycles. The molecule has 0 N–H and O–H groups in total. The highest BCUT2D eigenvalue weighted by Crippen LogP contribution is 2.06. The van der Waals surface area contributed by atoms with Crippen molar-refractivity contribution in [2.75, 3.05) is 0 Å². The van der Waals surface area contributed by atoms with Gasteiger partial charge < -0.3 is 9.32 Å². The molecule has 0 spiro atoms. The molecule has 0 aliphatic carbocycles. The van der Waals surface area contributed by atoms with Gasteiger partial charge >= 0.3 is 0 Å². The van der Waals surface area contributed by atoms with Crippen LogP contribution in [0.15, 0.2) is 29.0 Å². The lowest BCUT2D eigenvalue weighted by atomic mass is 10.2. The van der Waals surface area contributed by atoms with E-state index < -0.39 is 0 Å². The first kappa shape index (κ1) is 11.4. The van der Waals surface area contributed by atoms with Crippen molar-refractivity contribution >= 4 is 5.78 Å². The van der Waals surface area contributed by atoms with Crippen LogP contribution in [-0.4, -0.2) is 20.9 Å². The fraction of sp³-hybridized carbons (Fsp3) is 0.333. The van der Waals surface area contributed by atoms with Crippen molar-refractivity contribution in [3.8, 4) is 0 Å². The molecule has 88 valence electrons. The number of nitrogens with zero attached hydrogens (tertiary/aromatic N) is 3. The van der Waals surface area contributed by atoms with Crippen LogP contribution in [0.2, 0.25) is 0 Å². The van der Waals surface area contributed by atoms with E-state index in [2.05, 4.69) is 15.1 Å². The molecule has 0 unspecified atom stereocenters. The number of carbonyl (C=O) groups is 1. The van der Waals surface area contributed by atoms with Crippen molar-refractivity contribution in [3.05, 3.63) is 41.8 Å². The van der Waals surface area contributed by atoms with Gasteiger partial charge in [0.1, 0.15) is 5.78 Å². The summed E-state index contributed by atoms with van der Waals surface area (Å²) in [5, 5.41) is 3.86. The Bertz CT molecular complexity index is 493. The molecule has 0 saturated carbocycles. The van der Waals surface area contributed by atoms with Crippen molar-refractivity contribution in [1.82, 2.24) is 15.1 Å². The smallest absolute Gasteiger partial charge is 0.227 e. The number of Topliss-reactive ketones (excluding diaryl/α,β-unsaturated/α-hetero) is 1. The van der Waals surface area contributed by atoms with Crippen molar-refractivity contribution in [3.63, 3.8) is 0 Å². The zero-order valence-electron chi connectivity index (χ0n) is 9.59. The van der Waals surface area contributed by atoms with Crippen molar-refractivity contribution in [2.45, 2.75) is 26.2 Å². The molecule has 0 aliphatic rings. The van der Waals surface area contributed by atoms with E-state index in [1.54, 1.807) is 19.3 Å². The summed E-state index contributed by atoms with van der Waals surface area (Å²) in [6.07, 6.45) is 5.03. The normalized spacial score (nSPS) is 10.4. The van der Waals surface area contributed by atoms with Crippen LogP contribution in [0.1, 0.15) is 30.6 Å². The van der Waals surface area contributed by atoms with Crippen LogP contribution in [0.25, 0.3) is 0 Å². The van der Waals surface area contributed by atoms with Crippen LogP contribution in [0, 0.1) is 0 Å². The number of aryl methyl sites for hydroxylation is 1. The SMILES string of the molecule is CC(=O)CCc1nc(Cc2cccnc2)no1. The van der Waals surface area contributed by atoms with E-state index in [9.17, 15) is 4.79 Å². The quantitative estimate of drug-likeness (QED) is 0.781. The number of hydrogen-bond acceptors (Lipinski definition) is 5. The Morgan fingerprint density at radius 1 is 1.47 bits per heavy atom. The summed E-state index contributed by atoms with van der Waals surface area (Å²) in [6.45, 7) is 1.55. The van der Waals surface area contributed by atoms with Crippen LogP contribution in [0.4, 0.5) is 0 Å². The molecule has 0 aliphatic heterocycles. The minimum absolute atomic E-state index is 0.122. The summed E-state index contributed by atoms with van der Waals surface area (Å²) in [5.74, 6) is 1.26. The summed E-state index contributed by atoms with van der Waals surface area (Å²) in [6, 6.07) is 3.82. The van der Waals surface area contributed by atoms with E-state index in [1.807, 2.05) is 12.1 Å². The van der Waals surface area contributed by atoms with E-state index in [1.165, 1.54) is 0 Å². The van der Waals surface area contributed by atoms with Gasteiger partial charge in [-0.05, 0) is 18.6 Å². The van der Waals surface area contributed by atoms with Crippen molar-refractivity contribution in [1.29, 1.82) is 0 Å². The topological polar surface area (TPSA) is 68.9 Å². The lowest BCUT2D eigenvalue weighted by Crippen LogP contribution is -1.95. The monoisotopic (exact) mass is 231 g/mol. The molecule has 2 rings (SSSR count). The first-order chi connectivity index (χ1) is 8.24. The molecule has 5 heteroatoms. The van der Waals surface area contributed by atoms with E-state index in [0.29, 0.717) is 31.0 Å². The maximum atomic E-state index is 10.8. The third kappa shape index (κ3) is 3.48. The lowest BCUT2D eigenvalue weighted by molar-refractivity contribution is -0.117. The van der Waals surface area contributed by atoms with Crippen LogP contribution in [0.3, 0.4) is 0 Å². The minimum Gasteiger partial charge on any atom is -0.339 e. The Morgan fingerprint density at radius 2 is 2.35 bits per heavy atom. The van der Waals surface area contributed by atoms with Gasteiger partial charge in [-0.25, -0.2) is 0 Å². The largest absolute Gasteiger partial charge is 0.339 e. The molecule has 0 bridgehead atoms. The molecule has 5 nitrogen and oxygen atoms in total. The second kappa shape index (κ2) is 5.34. The molecule has 0 radical (unpaired) electrons. The summed E-state index contributed by atoms with van der Waals surface area (Å²) < 4.78 is 5.05. The molecule has 0 fully saturated rings. The molecule has 2 aromatic heterocycles. The number of rotatable bonds is 5. The molecule has 2 aromatic rings. The summed E-state index contributed by atoms with van der Waals surface area (Å²) in [5.41, 5.74) is 1.03. The Hall–Kier alpha value is -2.04. The van der Waals surface area contributed by atoms with E-state index in [0.717, 1.165) is 5.56 Å². The Kier molecular flexibility index (Phi) is 3.59. The van der Waals surface area contributed by atoms with E-state index in [4.69, 9.17) is 4.52 Å². The predicted molar refractivity (Wildman–Crippen MR) is 60.3 cm³/mol. The highest BCUT2D eigenvalue weighted by atomic mass is 16.5. The van der Waals surface area contributed by atoms with Crippen molar-refractivity contribution in [2.24, 2.45) is 0 Å². The van der Waals surface area contributed by atoms with E-state index in [-0.39, 0.29) is 5.78 Å². The molecule has 0 atom stereocenters. The predicted octanol–water partition coefficient (Wildman–Crippen LogP) is 1.58. The first-order valence-corrected chi connectivity index (χ1v) is 5.44. The minimum atomic E-state index is 0.122. The van der Waals surface area contributed by atoms with Crippen LogP contribution in [-0.2, 0) is 17.6 Å². The lowest BCUT2D eigenvalue weighted by Gasteiger charge is -1.93. The Balaban J connectivity index is 1.97. The molecular weight excluding hydrogens is 218 g/mol. The first-order valence-electron chi connectivity index (χ1n) is 5.44. The third-order valence-electron chi connectivity index (χ3n) is 2.29. The Morgan fingerprint density at radius 3 is 3.06 bits per heavy atom. The third-order valence-corrected chi connectivity index (χ3v) is 2.29. The van der Waals surface area contributed by atoms with Crippen LogP contribution < -0.4 is 0 Å². The highest BCUT2D eigenvalue weighted by Gasteiger charge is 2.07. The fourth-order valence-electron chi connectivity index (χ4n) is 1.43. The number of carbonyl (C=O) groups excluding carboxylic acids is 1. The van der Waals surface area contributed by atoms with Gasteiger partial charge in [0.05, 0.1) is 0 Å². The van der Waals surface area contributed by atoms with Crippen LogP contribution in [0.5, 0.6) is 0 Å². The van der Waals surface area contributed by atoms with Gasteiger partial charge in [0.25, 0.3) is 0 Å². The second-order valence-corrected chi connectivity index (χ2v) is 3.84. The van der Waals surface area contributed by atoms with Gasteiger partial charge in [0.15, 0.2) is 5.82 Å². The molecule has 0 saturated heterocycles. The van der Waals surface area contributed by atoms with Gasteiger partial charge in [-0.2, -0.15) is 4.98 Å². The highest BCUT2D eigenvalue weighted by molar-refractivity contribution is 5.75. The summed E-state index contributed by atoms with van der Waals surface area (Å²) >= 11 is 0. The number of pyridine rings is 1. The van der Waals surface area contributed by atoms with Gasteiger partial charge in [-0.15, -0.1) is 0 Å². The van der Waals surface area contributed by atoms with Crippen molar-refractivity contribution < 1.29 is 9.32 Å². The number of ketones is 1. The van der Waals surface area contributed by atoms with Gasteiger partial charge in [0.2, 0.25) is 5.89 Å². The van der Waals surface area contributed by atoms with Gasteiger partial charge in [-0.3, -0.25) is 4.98 Å². The number of hydrogen-bond donors (Lipinski definition) is 0. The average Bonchev–Trinajstić information content (AvgIpc) is 2.75. The van der Waals surface area contributed by atoms with Gasteiger partial charge in [0, 0.05) is 31.7 Å². The maximum absolute atomic E-state index is 10.8.